The Balaban J connectivity index is 2.94. The van der Waals surface area contributed by atoms with Crippen LogP contribution in [0.4, 0.5) is 9.18 Å². The van der Waals surface area contributed by atoms with Gasteiger partial charge in [-0.1, -0.05) is 13.1 Å². The van der Waals surface area contributed by atoms with Gasteiger partial charge in [0.15, 0.2) is 0 Å². The van der Waals surface area contributed by atoms with Crippen molar-refractivity contribution in [2.45, 2.75) is 58.4 Å². The molecule has 0 bridgehead atoms. The molecular weight excluding hydrogens is 352 g/mol. The standard InChI is InChI=1S/C19H29BFNO5/c1-18(2,3)27-17(24)22-19(4,9-10-20-5)12-26-15-8-7-13(21)11-14(15)16(23)25-6/h7-8,11,20H,9-10,12H2,1-6H3,(H,22,24). The Morgan fingerprint density at radius 3 is 2.44 bits per heavy atom. The van der Waals surface area contributed by atoms with E-state index in [2.05, 4.69) is 10.1 Å². The van der Waals surface area contributed by atoms with E-state index in [-0.39, 0.29) is 17.9 Å². The fourth-order valence-electron chi connectivity index (χ4n) is 2.42. The molecule has 0 aliphatic heterocycles. The number of rotatable bonds is 8. The molecule has 0 saturated carbocycles. The van der Waals surface area contributed by atoms with Crippen LogP contribution in [0.25, 0.3) is 0 Å². The molecule has 6 nitrogen and oxygen atoms in total. The third-order valence-electron chi connectivity index (χ3n) is 3.78. The summed E-state index contributed by atoms with van der Waals surface area (Å²) >= 11 is 0. The highest BCUT2D eigenvalue weighted by Gasteiger charge is 2.30. The summed E-state index contributed by atoms with van der Waals surface area (Å²) in [6, 6.07) is 3.63. The quantitative estimate of drug-likeness (QED) is 0.551. The Kier molecular flexibility index (Phi) is 8.12. The number of hydrogen-bond acceptors (Lipinski definition) is 5. The molecule has 1 atom stereocenters. The summed E-state index contributed by atoms with van der Waals surface area (Å²) in [4.78, 5) is 24.1. The van der Waals surface area contributed by atoms with Gasteiger partial charge in [-0.25, -0.2) is 14.0 Å². The van der Waals surface area contributed by atoms with Crippen LogP contribution in [0, 0.1) is 5.82 Å². The van der Waals surface area contributed by atoms with Gasteiger partial charge >= 0.3 is 12.1 Å². The summed E-state index contributed by atoms with van der Waals surface area (Å²) in [7, 11) is 2.15. The van der Waals surface area contributed by atoms with Crippen LogP contribution < -0.4 is 10.1 Å². The number of nitrogens with one attached hydrogen (secondary N) is 1. The lowest BCUT2D eigenvalue weighted by atomic mass is 9.73. The summed E-state index contributed by atoms with van der Waals surface area (Å²) in [5.41, 5.74) is -1.35. The molecule has 1 amide bonds. The maximum absolute atomic E-state index is 13.5. The zero-order valence-corrected chi connectivity index (χ0v) is 17.0. The molecule has 0 spiro atoms. The number of carbonyl (C=O) groups is 2. The monoisotopic (exact) mass is 381 g/mol. The molecular formula is C19H29BFNO5. The Morgan fingerprint density at radius 2 is 1.89 bits per heavy atom. The summed E-state index contributed by atoms with van der Waals surface area (Å²) in [5, 5.41) is 2.85. The van der Waals surface area contributed by atoms with Gasteiger partial charge in [0.05, 0.1) is 12.6 Å². The van der Waals surface area contributed by atoms with E-state index in [0.717, 1.165) is 19.7 Å². The largest absolute Gasteiger partial charge is 0.490 e. The highest BCUT2D eigenvalue weighted by molar-refractivity contribution is 6.33. The van der Waals surface area contributed by atoms with Crippen LogP contribution in [0.15, 0.2) is 18.2 Å². The van der Waals surface area contributed by atoms with Crippen molar-refractivity contribution >= 4 is 19.3 Å². The zero-order valence-electron chi connectivity index (χ0n) is 17.0. The molecule has 1 N–H and O–H groups in total. The van der Waals surface area contributed by atoms with E-state index >= 15 is 0 Å². The molecule has 0 aliphatic rings. The summed E-state index contributed by atoms with van der Waals surface area (Å²) < 4.78 is 29.3. The highest BCUT2D eigenvalue weighted by Crippen LogP contribution is 2.23. The molecule has 0 heterocycles. The second-order valence-corrected chi connectivity index (χ2v) is 7.71. The smallest absolute Gasteiger partial charge is 0.408 e. The molecule has 0 aliphatic carbocycles. The Labute approximate surface area is 161 Å². The number of benzene rings is 1. The van der Waals surface area contributed by atoms with Crippen LogP contribution in [-0.4, -0.2) is 44.2 Å². The van der Waals surface area contributed by atoms with Gasteiger partial charge in [0, 0.05) is 0 Å². The van der Waals surface area contributed by atoms with Crippen molar-refractivity contribution in [3.63, 3.8) is 0 Å². The van der Waals surface area contributed by atoms with Gasteiger partial charge in [-0.15, -0.1) is 0 Å². The Hall–Kier alpha value is -2.25. The SMILES string of the molecule is CBCCC(C)(COc1ccc(F)cc1C(=O)OC)NC(=O)OC(C)(C)C. The van der Waals surface area contributed by atoms with Crippen LogP contribution in [0.2, 0.25) is 13.1 Å². The second-order valence-electron chi connectivity index (χ2n) is 7.71. The van der Waals surface area contributed by atoms with Crippen molar-refractivity contribution < 1.29 is 28.2 Å². The first-order valence-corrected chi connectivity index (χ1v) is 9.01. The molecule has 1 aromatic rings. The molecule has 27 heavy (non-hydrogen) atoms. The molecule has 8 heteroatoms. The molecule has 0 aromatic heterocycles. The van der Waals surface area contributed by atoms with Crippen LogP contribution in [0.3, 0.4) is 0 Å². The first kappa shape index (κ1) is 22.8. The van der Waals surface area contributed by atoms with Gasteiger partial charge < -0.3 is 19.5 Å². The maximum Gasteiger partial charge on any atom is 0.408 e. The maximum atomic E-state index is 13.5. The van der Waals surface area contributed by atoms with Gasteiger partial charge in [-0.2, -0.15) is 0 Å². The van der Waals surface area contributed by atoms with E-state index in [4.69, 9.17) is 9.47 Å². The van der Waals surface area contributed by atoms with Gasteiger partial charge in [0.25, 0.3) is 0 Å². The number of methoxy groups -OCH3 is 1. The van der Waals surface area contributed by atoms with E-state index < -0.39 is 29.0 Å². The molecule has 0 radical (unpaired) electrons. The van der Waals surface area contributed by atoms with E-state index in [1.807, 2.05) is 13.7 Å². The van der Waals surface area contributed by atoms with Crippen molar-refractivity contribution in [3.8, 4) is 5.75 Å². The van der Waals surface area contributed by atoms with Crippen LogP contribution in [-0.2, 0) is 9.47 Å². The van der Waals surface area contributed by atoms with Crippen molar-refractivity contribution in [2.24, 2.45) is 0 Å². The van der Waals surface area contributed by atoms with Gasteiger partial charge in [-0.05, 0) is 52.3 Å². The number of esters is 1. The Morgan fingerprint density at radius 1 is 1.22 bits per heavy atom. The van der Waals surface area contributed by atoms with Gasteiger partial charge in [0.1, 0.15) is 36.6 Å². The van der Waals surface area contributed by atoms with E-state index in [1.165, 1.54) is 19.2 Å². The minimum Gasteiger partial charge on any atom is -0.490 e. The predicted octanol–water partition coefficient (Wildman–Crippen LogP) is 3.57. The third kappa shape index (κ3) is 7.89. The second kappa shape index (κ2) is 9.62. The van der Waals surface area contributed by atoms with E-state index in [0.29, 0.717) is 6.42 Å². The minimum atomic E-state index is -0.722. The molecule has 0 saturated heterocycles. The van der Waals surface area contributed by atoms with Crippen molar-refractivity contribution in [1.82, 2.24) is 5.32 Å². The minimum absolute atomic E-state index is 0.00684. The van der Waals surface area contributed by atoms with Crippen LogP contribution in [0.1, 0.15) is 44.5 Å². The lowest BCUT2D eigenvalue weighted by Crippen LogP contribution is -2.51. The fraction of sp³-hybridized carbons (Fsp3) is 0.579. The first-order valence-electron chi connectivity index (χ1n) is 9.01. The fourth-order valence-corrected chi connectivity index (χ4v) is 2.42. The topological polar surface area (TPSA) is 73.9 Å². The Bertz CT molecular complexity index is 662. The van der Waals surface area contributed by atoms with Crippen LogP contribution >= 0.6 is 0 Å². The first-order chi connectivity index (χ1) is 12.5. The number of alkyl carbamates (subject to hydrolysis) is 1. The molecule has 1 aromatic carbocycles. The highest BCUT2D eigenvalue weighted by atomic mass is 19.1. The summed E-state index contributed by atoms with van der Waals surface area (Å²) in [6.07, 6.45) is 0.970. The third-order valence-corrected chi connectivity index (χ3v) is 3.78. The summed E-state index contributed by atoms with van der Waals surface area (Å²) in [6.45, 7) is 9.33. The lowest BCUT2D eigenvalue weighted by Gasteiger charge is -2.32. The molecule has 150 valence electrons. The van der Waals surface area contributed by atoms with E-state index in [1.54, 1.807) is 20.8 Å². The normalized spacial score (nSPS) is 13.3. The average Bonchev–Trinajstić information content (AvgIpc) is 2.56. The lowest BCUT2D eigenvalue weighted by molar-refractivity contribution is 0.0418. The average molecular weight is 381 g/mol. The molecule has 0 fully saturated rings. The molecule has 1 rings (SSSR count). The van der Waals surface area contributed by atoms with Crippen LogP contribution in [0.5, 0.6) is 5.75 Å². The molecule has 1 unspecified atom stereocenters. The predicted molar refractivity (Wildman–Crippen MR) is 103 cm³/mol. The number of amides is 1. The summed E-state index contributed by atoms with van der Waals surface area (Å²) in [5.74, 6) is -1.07. The van der Waals surface area contributed by atoms with E-state index in [9.17, 15) is 14.0 Å². The zero-order chi connectivity index (χ0) is 20.7. The van der Waals surface area contributed by atoms with Crippen molar-refractivity contribution in [1.29, 1.82) is 0 Å². The number of ether oxygens (including phenoxy) is 3. The van der Waals surface area contributed by atoms with Crippen molar-refractivity contribution in [3.05, 3.63) is 29.6 Å². The number of hydrogen-bond donors (Lipinski definition) is 1. The number of carbonyl (C=O) groups excluding carboxylic acids is 2. The number of halogens is 1. The van der Waals surface area contributed by atoms with Gasteiger partial charge in [-0.3, -0.25) is 0 Å². The van der Waals surface area contributed by atoms with Crippen molar-refractivity contribution in [2.75, 3.05) is 13.7 Å². The van der Waals surface area contributed by atoms with Gasteiger partial charge in [0.2, 0.25) is 0 Å².